The Bertz CT molecular complexity index is 537. The van der Waals surface area contributed by atoms with Gasteiger partial charge in [0, 0.05) is 6.04 Å². The number of rotatable bonds is 10. The van der Waals surface area contributed by atoms with Gasteiger partial charge in [0.2, 0.25) is 0 Å². The van der Waals surface area contributed by atoms with Gasteiger partial charge in [-0.3, -0.25) is 9.69 Å². The van der Waals surface area contributed by atoms with Gasteiger partial charge in [-0.05, 0) is 62.9 Å². The number of carbonyl (C=O) groups excluding carboxylic acids is 1. The lowest BCUT2D eigenvalue weighted by Crippen LogP contribution is -2.26. The molecule has 1 aliphatic rings. The normalized spacial score (nSPS) is 18.9. The lowest BCUT2D eigenvalue weighted by atomic mass is 9.96. The van der Waals surface area contributed by atoms with E-state index in [4.69, 9.17) is 12.8 Å². The molecule has 0 aromatic heterocycles. The van der Waals surface area contributed by atoms with Gasteiger partial charge in [-0.15, -0.1) is 0 Å². The van der Waals surface area contributed by atoms with Gasteiger partial charge >= 0.3 is 8.05 Å². The van der Waals surface area contributed by atoms with E-state index in [0.717, 1.165) is 50.9 Å². The first-order chi connectivity index (χ1) is 12.2. The molecular weight excluding hydrogens is 313 g/mol. The summed E-state index contributed by atoms with van der Waals surface area (Å²) in [6.45, 7) is 4.25. The largest absolute Gasteiger partial charge is 0.543 e. The van der Waals surface area contributed by atoms with Crippen LogP contribution in [-0.4, -0.2) is 39.1 Å². The van der Waals surface area contributed by atoms with Crippen LogP contribution in [0.25, 0.3) is 0 Å². The van der Waals surface area contributed by atoms with Gasteiger partial charge < -0.3 is 9.39 Å². The van der Waals surface area contributed by atoms with Gasteiger partial charge in [0.15, 0.2) is 0 Å². The average molecular weight is 343 g/mol. The van der Waals surface area contributed by atoms with Crippen LogP contribution in [-0.2, 0) is 9.45 Å². The van der Waals surface area contributed by atoms with E-state index in [2.05, 4.69) is 34.7 Å². The van der Waals surface area contributed by atoms with Crippen molar-refractivity contribution in [3.63, 3.8) is 0 Å². The Labute approximate surface area is 153 Å². The van der Waals surface area contributed by atoms with Crippen LogP contribution in [0.4, 0.5) is 0 Å². The van der Waals surface area contributed by atoms with Crippen LogP contribution in [0.2, 0.25) is 0 Å². The van der Waals surface area contributed by atoms with Gasteiger partial charge in [-0.1, -0.05) is 31.9 Å². The second-order valence-electron chi connectivity index (χ2n) is 6.89. The zero-order valence-electron chi connectivity index (χ0n) is 15.6. The molecule has 5 heteroatoms. The highest BCUT2D eigenvalue weighted by atomic mass is 16.5. The molecule has 0 aliphatic carbocycles. The quantitative estimate of drug-likeness (QED) is 0.601. The molecule has 0 bridgehead atoms. The number of methoxy groups -OCH3 is 1. The van der Waals surface area contributed by atoms with Gasteiger partial charge in [-0.2, -0.15) is 0 Å². The summed E-state index contributed by atoms with van der Waals surface area (Å²) in [5, 5.41) is 0. The van der Waals surface area contributed by atoms with Crippen LogP contribution in [0.15, 0.2) is 24.3 Å². The Morgan fingerprint density at radius 2 is 2.16 bits per heavy atom. The summed E-state index contributed by atoms with van der Waals surface area (Å²) >= 11 is 0. The van der Waals surface area contributed by atoms with Crippen molar-refractivity contribution in [2.45, 2.75) is 57.9 Å². The van der Waals surface area contributed by atoms with Gasteiger partial charge in [0.25, 0.3) is 5.97 Å². The van der Waals surface area contributed by atoms with Crippen molar-refractivity contribution in [3.8, 4) is 5.75 Å². The minimum atomic E-state index is -0.265. The first-order valence-corrected chi connectivity index (χ1v) is 9.48. The van der Waals surface area contributed by atoms with Crippen LogP contribution in [0.1, 0.15) is 63.5 Å². The molecule has 2 unspecified atom stereocenters. The van der Waals surface area contributed by atoms with E-state index >= 15 is 0 Å². The number of ether oxygens (including phenoxy) is 1. The highest BCUT2D eigenvalue weighted by Gasteiger charge is 2.26. The van der Waals surface area contributed by atoms with E-state index in [1.165, 1.54) is 18.4 Å². The maximum atomic E-state index is 11.8. The first-order valence-electron chi connectivity index (χ1n) is 9.48. The summed E-state index contributed by atoms with van der Waals surface area (Å²) in [7, 11) is 6.80. The van der Waals surface area contributed by atoms with E-state index in [-0.39, 0.29) is 11.9 Å². The van der Waals surface area contributed by atoms with Gasteiger partial charge in [-0.25, -0.2) is 0 Å². The third-order valence-electron chi connectivity index (χ3n) is 5.20. The smallest absolute Gasteiger partial charge is 0.378 e. The van der Waals surface area contributed by atoms with E-state index in [1.807, 2.05) is 6.07 Å². The Hall–Kier alpha value is -1.49. The molecule has 0 spiro atoms. The third-order valence-corrected chi connectivity index (χ3v) is 5.20. The molecule has 1 fully saturated rings. The number of nitrogens with zero attached hydrogens (tertiary/aromatic N) is 1. The number of carbonyl (C=O) groups is 1. The number of likely N-dealkylation sites (tertiary alicyclic amines) is 1. The van der Waals surface area contributed by atoms with E-state index in [9.17, 15) is 4.79 Å². The maximum Gasteiger partial charge on any atom is 0.378 e. The van der Waals surface area contributed by atoms with E-state index < -0.39 is 0 Å². The standard InChI is InChI=1S/C20H30BNO3/c1-3-4-8-16(20(23)25-21)10-6-13-22-14-7-12-19(22)17-9-5-11-18(15-17)24-2/h5,9,11,15-16,19H,3-4,6-8,10,12-14H2,1-2H3. The molecule has 4 nitrogen and oxygen atoms in total. The van der Waals surface area contributed by atoms with Gasteiger partial charge in [0.05, 0.1) is 13.0 Å². The molecule has 2 radical (unpaired) electrons. The molecule has 25 heavy (non-hydrogen) atoms. The molecule has 0 amide bonds. The maximum absolute atomic E-state index is 11.8. The molecule has 0 saturated carbocycles. The number of hydrogen-bond acceptors (Lipinski definition) is 4. The van der Waals surface area contributed by atoms with E-state index in [1.54, 1.807) is 7.11 Å². The molecular formula is C20H30BNO3. The summed E-state index contributed by atoms with van der Waals surface area (Å²) < 4.78 is 9.84. The Kier molecular flexibility index (Phi) is 8.33. The van der Waals surface area contributed by atoms with Crippen molar-refractivity contribution >= 4 is 14.0 Å². The van der Waals surface area contributed by atoms with Crippen LogP contribution in [0.3, 0.4) is 0 Å². The second kappa shape index (κ2) is 10.5. The fourth-order valence-electron chi connectivity index (χ4n) is 3.79. The Morgan fingerprint density at radius 3 is 2.88 bits per heavy atom. The number of benzene rings is 1. The predicted molar refractivity (Wildman–Crippen MR) is 101 cm³/mol. The molecule has 2 rings (SSSR count). The lowest BCUT2D eigenvalue weighted by molar-refractivity contribution is -0.139. The molecule has 1 aliphatic heterocycles. The molecule has 1 aromatic rings. The van der Waals surface area contributed by atoms with Crippen molar-refractivity contribution in [3.05, 3.63) is 29.8 Å². The zero-order valence-corrected chi connectivity index (χ0v) is 15.6. The molecule has 136 valence electrons. The minimum absolute atomic E-state index is 0.0668. The van der Waals surface area contributed by atoms with Crippen LogP contribution in [0.5, 0.6) is 5.75 Å². The van der Waals surface area contributed by atoms with Crippen molar-refractivity contribution in [2.75, 3.05) is 20.2 Å². The molecule has 0 N–H and O–H groups in total. The summed E-state index contributed by atoms with van der Waals surface area (Å²) in [4.78, 5) is 14.4. The fraction of sp³-hybridized carbons (Fsp3) is 0.650. The van der Waals surface area contributed by atoms with Crippen molar-refractivity contribution in [1.82, 2.24) is 4.90 Å². The van der Waals surface area contributed by atoms with Crippen molar-refractivity contribution in [2.24, 2.45) is 5.92 Å². The average Bonchev–Trinajstić information content (AvgIpc) is 3.12. The molecule has 1 heterocycles. The summed E-state index contributed by atoms with van der Waals surface area (Å²) in [6.07, 6.45) is 7.21. The fourth-order valence-corrected chi connectivity index (χ4v) is 3.79. The number of unbranched alkanes of at least 4 members (excludes halogenated alkanes) is 1. The van der Waals surface area contributed by atoms with E-state index in [0.29, 0.717) is 6.04 Å². The third kappa shape index (κ3) is 5.77. The van der Waals surface area contributed by atoms with Gasteiger partial charge in [0.1, 0.15) is 5.75 Å². The van der Waals surface area contributed by atoms with Crippen molar-refractivity contribution in [1.29, 1.82) is 0 Å². The first kappa shape index (κ1) is 19.8. The Balaban J connectivity index is 1.88. The highest BCUT2D eigenvalue weighted by Crippen LogP contribution is 2.33. The second-order valence-corrected chi connectivity index (χ2v) is 6.89. The topological polar surface area (TPSA) is 38.8 Å². The summed E-state index contributed by atoms with van der Waals surface area (Å²) in [6, 6.07) is 8.81. The molecule has 2 atom stereocenters. The lowest BCUT2D eigenvalue weighted by Gasteiger charge is -2.26. The number of hydrogen-bond donors (Lipinski definition) is 0. The Morgan fingerprint density at radius 1 is 1.36 bits per heavy atom. The SMILES string of the molecule is [B]OC(=O)C(CCCC)CCCN1CCCC1c1cccc(OC)c1. The van der Waals surface area contributed by atoms with Crippen LogP contribution < -0.4 is 4.74 Å². The summed E-state index contributed by atoms with van der Waals surface area (Å²) in [5.41, 5.74) is 1.32. The monoisotopic (exact) mass is 343 g/mol. The van der Waals surface area contributed by atoms with Crippen LogP contribution in [0, 0.1) is 5.92 Å². The molecule has 1 saturated heterocycles. The zero-order chi connectivity index (χ0) is 18.1. The predicted octanol–water partition coefficient (Wildman–Crippen LogP) is 4.05. The minimum Gasteiger partial charge on any atom is -0.543 e. The van der Waals surface area contributed by atoms with Crippen molar-refractivity contribution < 1.29 is 14.2 Å². The molecule has 1 aromatic carbocycles. The summed E-state index contributed by atoms with van der Waals surface area (Å²) in [5.74, 6) is 0.580. The highest BCUT2D eigenvalue weighted by molar-refractivity contribution is 6.05. The van der Waals surface area contributed by atoms with Crippen LogP contribution >= 0.6 is 0 Å².